The van der Waals surface area contributed by atoms with E-state index < -0.39 is 0 Å². The molecule has 1 aromatic rings. The molecular weight excluding hydrogens is 278 g/mol. The lowest BCUT2D eigenvalue weighted by atomic mass is 9.88. The number of thiazole rings is 1. The molecule has 0 saturated carbocycles. The maximum Gasteiger partial charge on any atom is 0.282 e. The number of ether oxygens (including phenoxy) is 1. The zero-order chi connectivity index (χ0) is 14.2. The van der Waals surface area contributed by atoms with Crippen LogP contribution in [0.5, 0.6) is 0 Å². The van der Waals surface area contributed by atoms with Crippen molar-refractivity contribution < 1.29 is 14.3 Å². The van der Waals surface area contributed by atoms with Crippen LogP contribution in [0.25, 0.3) is 0 Å². The largest absolute Gasteiger partial charge is 0.371 e. The Morgan fingerprint density at radius 3 is 3.10 bits per heavy atom. The van der Waals surface area contributed by atoms with Crippen LogP contribution in [0.2, 0.25) is 0 Å². The highest BCUT2D eigenvalue weighted by atomic mass is 32.1. The van der Waals surface area contributed by atoms with Gasteiger partial charge in [0.15, 0.2) is 5.01 Å². The first kappa shape index (κ1) is 13.5. The van der Waals surface area contributed by atoms with Crippen molar-refractivity contribution in [3.63, 3.8) is 0 Å². The number of likely N-dealkylation sites (N-methyl/N-ethyl adjacent to an activating group) is 1. The Morgan fingerprint density at radius 1 is 1.50 bits per heavy atom. The average Bonchev–Trinajstić information content (AvgIpc) is 3.05. The van der Waals surface area contributed by atoms with Gasteiger partial charge < -0.3 is 14.5 Å². The van der Waals surface area contributed by atoms with Crippen molar-refractivity contribution in [2.24, 2.45) is 5.41 Å². The van der Waals surface area contributed by atoms with Crippen molar-refractivity contribution in [1.29, 1.82) is 0 Å². The Morgan fingerprint density at radius 2 is 2.35 bits per heavy atom. The molecule has 3 rings (SSSR count). The SMILES string of the molecule is CN1CC2(CCN(C(=O)c3nccs3)C2)COCC1=O. The second-order valence-electron chi connectivity index (χ2n) is 5.56. The highest BCUT2D eigenvalue weighted by Gasteiger charge is 2.43. The standard InChI is InChI=1S/C13H17N3O3S/c1-15-7-13(9-19-6-10(15)17)2-4-16(8-13)12(18)11-14-3-5-20-11/h3,5H,2,4,6-9H2,1H3. The van der Waals surface area contributed by atoms with Gasteiger partial charge >= 0.3 is 0 Å². The van der Waals surface area contributed by atoms with Gasteiger partial charge in [-0.3, -0.25) is 9.59 Å². The van der Waals surface area contributed by atoms with Gasteiger partial charge in [0.2, 0.25) is 5.91 Å². The van der Waals surface area contributed by atoms with Crippen molar-refractivity contribution in [3.8, 4) is 0 Å². The Labute approximate surface area is 121 Å². The second kappa shape index (κ2) is 5.14. The molecule has 2 aliphatic heterocycles. The average molecular weight is 295 g/mol. The van der Waals surface area contributed by atoms with Gasteiger partial charge in [-0.2, -0.15) is 0 Å². The van der Waals surface area contributed by atoms with Gasteiger partial charge in [0, 0.05) is 43.7 Å². The van der Waals surface area contributed by atoms with E-state index in [1.165, 1.54) is 11.3 Å². The molecule has 0 radical (unpaired) electrons. The van der Waals surface area contributed by atoms with E-state index in [1.807, 2.05) is 4.90 Å². The summed E-state index contributed by atoms with van der Waals surface area (Å²) in [6.07, 6.45) is 2.51. The molecule has 2 fully saturated rings. The fraction of sp³-hybridized carbons (Fsp3) is 0.615. The number of likely N-dealkylation sites (tertiary alicyclic amines) is 1. The Hall–Kier alpha value is -1.47. The number of carbonyl (C=O) groups is 2. The molecule has 1 unspecified atom stereocenters. The summed E-state index contributed by atoms with van der Waals surface area (Å²) in [5.74, 6) is -0.0123. The maximum absolute atomic E-state index is 12.3. The van der Waals surface area contributed by atoms with E-state index in [2.05, 4.69) is 4.98 Å². The Balaban J connectivity index is 1.72. The summed E-state index contributed by atoms with van der Waals surface area (Å²) in [6.45, 7) is 2.64. The van der Waals surface area contributed by atoms with E-state index in [1.54, 1.807) is 23.5 Å². The van der Waals surface area contributed by atoms with E-state index in [4.69, 9.17) is 4.74 Å². The Bertz CT molecular complexity index is 519. The minimum Gasteiger partial charge on any atom is -0.371 e. The lowest BCUT2D eigenvalue weighted by molar-refractivity contribution is -0.132. The van der Waals surface area contributed by atoms with Crippen molar-refractivity contribution in [3.05, 3.63) is 16.6 Å². The highest BCUT2D eigenvalue weighted by Crippen LogP contribution is 2.34. The molecular formula is C13H17N3O3S. The molecule has 108 valence electrons. The quantitative estimate of drug-likeness (QED) is 0.755. The predicted molar refractivity (Wildman–Crippen MR) is 73.5 cm³/mol. The van der Waals surface area contributed by atoms with Crippen LogP contribution in [0, 0.1) is 5.41 Å². The van der Waals surface area contributed by atoms with Gasteiger partial charge in [0.05, 0.1) is 6.61 Å². The number of nitrogens with zero attached hydrogens (tertiary/aromatic N) is 3. The third-order valence-electron chi connectivity index (χ3n) is 3.97. The lowest BCUT2D eigenvalue weighted by Gasteiger charge is -2.29. The van der Waals surface area contributed by atoms with Gasteiger partial charge in [-0.15, -0.1) is 11.3 Å². The summed E-state index contributed by atoms with van der Waals surface area (Å²) in [5, 5.41) is 2.33. The van der Waals surface area contributed by atoms with E-state index in [9.17, 15) is 9.59 Å². The molecule has 2 amide bonds. The molecule has 20 heavy (non-hydrogen) atoms. The third kappa shape index (κ3) is 2.43. The van der Waals surface area contributed by atoms with Crippen molar-refractivity contribution in [2.75, 3.05) is 39.9 Å². The van der Waals surface area contributed by atoms with Gasteiger partial charge in [-0.25, -0.2) is 4.98 Å². The van der Waals surface area contributed by atoms with E-state index in [0.29, 0.717) is 31.2 Å². The summed E-state index contributed by atoms with van der Waals surface area (Å²) >= 11 is 1.36. The molecule has 1 aromatic heterocycles. The van der Waals surface area contributed by atoms with Crippen LogP contribution in [-0.4, -0.2) is 66.5 Å². The van der Waals surface area contributed by atoms with Crippen molar-refractivity contribution >= 4 is 23.2 Å². The van der Waals surface area contributed by atoms with Crippen molar-refractivity contribution in [1.82, 2.24) is 14.8 Å². The van der Waals surface area contributed by atoms with Crippen molar-refractivity contribution in [2.45, 2.75) is 6.42 Å². The fourth-order valence-corrected chi connectivity index (χ4v) is 3.52. The molecule has 0 aromatic carbocycles. The number of carbonyl (C=O) groups excluding carboxylic acids is 2. The molecule has 2 saturated heterocycles. The number of hydrogen-bond donors (Lipinski definition) is 0. The topological polar surface area (TPSA) is 62.7 Å². The van der Waals surface area contributed by atoms with Gasteiger partial charge in [0.1, 0.15) is 6.61 Å². The molecule has 2 aliphatic rings. The van der Waals surface area contributed by atoms with Crippen LogP contribution in [0.4, 0.5) is 0 Å². The zero-order valence-electron chi connectivity index (χ0n) is 11.4. The van der Waals surface area contributed by atoms with E-state index in [0.717, 1.165) is 6.42 Å². The van der Waals surface area contributed by atoms with Gasteiger partial charge in [-0.1, -0.05) is 0 Å². The minimum absolute atomic E-state index is 0.00609. The van der Waals surface area contributed by atoms with Crippen LogP contribution in [0.1, 0.15) is 16.2 Å². The summed E-state index contributed by atoms with van der Waals surface area (Å²) in [4.78, 5) is 31.6. The first-order chi connectivity index (χ1) is 9.60. The highest BCUT2D eigenvalue weighted by molar-refractivity contribution is 7.11. The van der Waals surface area contributed by atoms with Crippen LogP contribution < -0.4 is 0 Å². The van der Waals surface area contributed by atoms with Gasteiger partial charge in [-0.05, 0) is 6.42 Å². The van der Waals surface area contributed by atoms with Gasteiger partial charge in [0.25, 0.3) is 5.91 Å². The molecule has 3 heterocycles. The number of amides is 2. The van der Waals surface area contributed by atoms with Crippen LogP contribution in [0.3, 0.4) is 0 Å². The molecule has 0 aliphatic carbocycles. The summed E-state index contributed by atoms with van der Waals surface area (Å²) in [5.41, 5.74) is -0.131. The molecule has 1 atom stereocenters. The van der Waals surface area contributed by atoms with E-state index >= 15 is 0 Å². The smallest absolute Gasteiger partial charge is 0.282 e. The lowest BCUT2D eigenvalue weighted by Crippen LogP contribution is -2.41. The first-order valence-corrected chi connectivity index (χ1v) is 7.48. The summed E-state index contributed by atoms with van der Waals surface area (Å²) < 4.78 is 5.49. The minimum atomic E-state index is -0.131. The monoisotopic (exact) mass is 295 g/mol. The summed E-state index contributed by atoms with van der Waals surface area (Å²) in [6, 6.07) is 0. The molecule has 1 spiro atoms. The normalized spacial score (nSPS) is 27.1. The number of rotatable bonds is 1. The molecule has 0 bridgehead atoms. The molecule has 7 heteroatoms. The molecule has 0 N–H and O–H groups in total. The second-order valence-corrected chi connectivity index (χ2v) is 6.45. The van der Waals surface area contributed by atoms with Crippen LogP contribution >= 0.6 is 11.3 Å². The maximum atomic E-state index is 12.3. The third-order valence-corrected chi connectivity index (χ3v) is 4.73. The first-order valence-electron chi connectivity index (χ1n) is 6.60. The van der Waals surface area contributed by atoms with Crippen LogP contribution in [-0.2, 0) is 9.53 Å². The number of aromatic nitrogens is 1. The Kier molecular flexibility index (Phi) is 3.47. The fourth-order valence-electron chi connectivity index (χ4n) is 2.92. The predicted octanol–water partition coefficient (Wildman–Crippen LogP) is 0.464. The zero-order valence-corrected chi connectivity index (χ0v) is 12.2. The molecule has 6 nitrogen and oxygen atoms in total. The summed E-state index contributed by atoms with van der Waals surface area (Å²) in [7, 11) is 1.80. The van der Waals surface area contributed by atoms with Crippen LogP contribution in [0.15, 0.2) is 11.6 Å². The number of hydrogen-bond acceptors (Lipinski definition) is 5. The van der Waals surface area contributed by atoms with E-state index in [-0.39, 0.29) is 23.8 Å².